The van der Waals surface area contributed by atoms with E-state index in [1.54, 1.807) is 0 Å². The Balaban J connectivity index is 2.04. The van der Waals surface area contributed by atoms with Crippen molar-refractivity contribution in [3.8, 4) is 0 Å². The Hall–Kier alpha value is -1.71. The zero-order valence-electron chi connectivity index (χ0n) is 12.5. The molecule has 3 rings (SSSR count). The Bertz CT molecular complexity index is 715. The molecule has 0 fully saturated rings. The Morgan fingerprint density at radius 2 is 2.05 bits per heavy atom. The van der Waals surface area contributed by atoms with Crippen molar-refractivity contribution in [2.24, 2.45) is 0 Å². The van der Waals surface area contributed by atoms with Gasteiger partial charge in [0.05, 0.1) is 6.04 Å². The molecule has 0 saturated carbocycles. The van der Waals surface area contributed by atoms with Crippen LogP contribution in [0.25, 0.3) is 10.1 Å². The van der Waals surface area contributed by atoms with Gasteiger partial charge in [-0.2, -0.15) is 0 Å². The molecule has 21 heavy (non-hydrogen) atoms. The molecule has 2 heterocycles. The van der Waals surface area contributed by atoms with E-state index >= 15 is 0 Å². The molecule has 3 aromatic rings. The first-order valence-corrected chi connectivity index (χ1v) is 8.29. The smallest absolute Gasteiger partial charge is 0.0606 e. The molecule has 108 valence electrons. The summed E-state index contributed by atoms with van der Waals surface area (Å²) in [4.78, 5) is 4.46. The van der Waals surface area contributed by atoms with E-state index in [4.69, 9.17) is 0 Å². The van der Waals surface area contributed by atoms with Gasteiger partial charge in [-0.1, -0.05) is 31.2 Å². The number of aromatic nitrogens is 1. The summed E-state index contributed by atoms with van der Waals surface area (Å²) in [6, 6.07) is 13.1. The van der Waals surface area contributed by atoms with E-state index in [2.05, 4.69) is 59.0 Å². The number of thiophene rings is 1. The summed E-state index contributed by atoms with van der Waals surface area (Å²) < 4.78 is 1.34. The second kappa shape index (κ2) is 6.37. The quantitative estimate of drug-likeness (QED) is 0.738. The van der Waals surface area contributed by atoms with Crippen LogP contribution in [-0.4, -0.2) is 11.5 Å². The molecule has 2 nitrogen and oxygen atoms in total. The number of nitrogens with one attached hydrogen (secondary N) is 1. The molecule has 1 N–H and O–H groups in total. The van der Waals surface area contributed by atoms with E-state index in [1.807, 2.05) is 24.5 Å². The number of rotatable bonds is 5. The minimum absolute atomic E-state index is 0.217. The van der Waals surface area contributed by atoms with Crippen LogP contribution >= 0.6 is 11.3 Å². The van der Waals surface area contributed by atoms with Gasteiger partial charge in [0.15, 0.2) is 0 Å². The van der Waals surface area contributed by atoms with Crippen LogP contribution in [0.2, 0.25) is 0 Å². The Morgan fingerprint density at radius 1 is 1.19 bits per heavy atom. The largest absolute Gasteiger partial charge is 0.306 e. The summed E-state index contributed by atoms with van der Waals surface area (Å²) in [7, 11) is 0. The van der Waals surface area contributed by atoms with Crippen molar-refractivity contribution in [3.63, 3.8) is 0 Å². The van der Waals surface area contributed by atoms with Gasteiger partial charge in [0.1, 0.15) is 0 Å². The molecule has 0 saturated heterocycles. The van der Waals surface area contributed by atoms with Crippen LogP contribution in [0.4, 0.5) is 0 Å². The number of hydrogen-bond acceptors (Lipinski definition) is 3. The predicted molar refractivity (Wildman–Crippen MR) is 90.9 cm³/mol. The summed E-state index contributed by atoms with van der Waals surface area (Å²) >= 11 is 1.81. The highest BCUT2D eigenvalue weighted by molar-refractivity contribution is 7.17. The molecule has 0 aliphatic rings. The second-order valence-corrected chi connectivity index (χ2v) is 6.22. The highest BCUT2D eigenvalue weighted by Crippen LogP contribution is 2.33. The van der Waals surface area contributed by atoms with Crippen molar-refractivity contribution in [1.82, 2.24) is 10.3 Å². The predicted octanol–water partition coefficient (Wildman–Crippen LogP) is 4.69. The molecule has 0 radical (unpaired) electrons. The van der Waals surface area contributed by atoms with E-state index < -0.39 is 0 Å². The van der Waals surface area contributed by atoms with Gasteiger partial charge in [-0.05, 0) is 53.9 Å². The van der Waals surface area contributed by atoms with Crippen LogP contribution in [0.3, 0.4) is 0 Å². The van der Waals surface area contributed by atoms with E-state index in [-0.39, 0.29) is 6.04 Å². The number of pyridine rings is 1. The fourth-order valence-electron chi connectivity index (χ4n) is 2.57. The van der Waals surface area contributed by atoms with Gasteiger partial charge in [-0.15, -0.1) is 11.3 Å². The molecule has 0 bridgehead atoms. The zero-order chi connectivity index (χ0) is 14.7. The maximum absolute atomic E-state index is 4.46. The molecule has 0 aliphatic heterocycles. The summed E-state index contributed by atoms with van der Waals surface area (Å²) in [5.74, 6) is 0. The molecular formula is C18H20N2S. The molecule has 0 spiro atoms. The lowest BCUT2D eigenvalue weighted by molar-refractivity contribution is 0.601. The average molecular weight is 296 g/mol. The summed E-state index contributed by atoms with van der Waals surface area (Å²) in [5.41, 5.74) is 3.65. The lowest BCUT2D eigenvalue weighted by Crippen LogP contribution is -2.23. The third-order valence-electron chi connectivity index (χ3n) is 3.69. The molecule has 0 aliphatic carbocycles. The first-order valence-electron chi connectivity index (χ1n) is 7.41. The first-order chi connectivity index (χ1) is 10.3. The van der Waals surface area contributed by atoms with Gasteiger partial charge < -0.3 is 5.32 Å². The Morgan fingerprint density at radius 3 is 2.81 bits per heavy atom. The first kappa shape index (κ1) is 14.2. The number of aryl methyl sites for hydroxylation is 1. The van der Waals surface area contributed by atoms with Crippen molar-refractivity contribution in [2.45, 2.75) is 26.3 Å². The fraction of sp³-hybridized carbons (Fsp3) is 0.278. The van der Waals surface area contributed by atoms with Crippen LogP contribution in [0.5, 0.6) is 0 Å². The van der Waals surface area contributed by atoms with Crippen molar-refractivity contribution in [1.29, 1.82) is 0 Å². The van der Waals surface area contributed by atoms with Crippen LogP contribution in [0, 0.1) is 6.92 Å². The van der Waals surface area contributed by atoms with Gasteiger partial charge >= 0.3 is 0 Å². The minimum atomic E-state index is 0.217. The molecule has 0 amide bonds. The Labute approximate surface area is 129 Å². The van der Waals surface area contributed by atoms with E-state index in [0.29, 0.717) is 0 Å². The maximum atomic E-state index is 4.46. The number of nitrogens with zero attached hydrogens (tertiary/aromatic N) is 1. The van der Waals surface area contributed by atoms with Gasteiger partial charge in [-0.25, -0.2) is 0 Å². The average Bonchev–Trinajstić information content (AvgIpc) is 2.93. The van der Waals surface area contributed by atoms with E-state index in [0.717, 1.165) is 18.7 Å². The molecular weight excluding hydrogens is 276 g/mol. The van der Waals surface area contributed by atoms with Crippen LogP contribution in [-0.2, 0) is 0 Å². The van der Waals surface area contributed by atoms with Gasteiger partial charge in [0.25, 0.3) is 0 Å². The van der Waals surface area contributed by atoms with Crippen LogP contribution in [0.1, 0.15) is 36.2 Å². The molecule has 1 aromatic carbocycles. The third kappa shape index (κ3) is 2.99. The second-order valence-electron chi connectivity index (χ2n) is 5.31. The third-order valence-corrected chi connectivity index (χ3v) is 4.67. The van der Waals surface area contributed by atoms with Crippen molar-refractivity contribution in [2.75, 3.05) is 6.54 Å². The molecule has 3 heteroatoms. The van der Waals surface area contributed by atoms with Crippen molar-refractivity contribution < 1.29 is 0 Å². The summed E-state index contributed by atoms with van der Waals surface area (Å²) in [6.45, 7) is 5.23. The monoisotopic (exact) mass is 296 g/mol. The van der Waals surface area contributed by atoms with Crippen LogP contribution in [0.15, 0.2) is 48.0 Å². The summed E-state index contributed by atoms with van der Waals surface area (Å²) in [5, 5.41) is 7.29. The minimum Gasteiger partial charge on any atom is -0.306 e. The van der Waals surface area contributed by atoms with Gasteiger partial charge in [0, 0.05) is 16.6 Å². The SMILES string of the molecule is CCCNC(c1ccc(C)nc1)c1csc2ccccc12. The highest BCUT2D eigenvalue weighted by Gasteiger charge is 2.17. The zero-order valence-corrected chi connectivity index (χ0v) is 13.3. The van der Waals surface area contributed by atoms with E-state index in [9.17, 15) is 0 Å². The molecule has 2 aromatic heterocycles. The normalized spacial score (nSPS) is 12.7. The fourth-order valence-corrected chi connectivity index (χ4v) is 3.55. The standard InChI is InChI=1S/C18H20N2S/c1-3-10-19-18(14-9-8-13(2)20-11-14)16-12-21-17-7-5-4-6-15(16)17/h4-9,11-12,18-19H,3,10H2,1-2H3. The molecule has 1 unspecified atom stereocenters. The van der Waals surface area contributed by atoms with Crippen LogP contribution < -0.4 is 5.32 Å². The molecule has 1 atom stereocenters. The maximum Gasteiger partial charge on any atom is 0.0606 e. The number of fused-ring (bicyclic) bond motifs is 1. The lowest BCUT2D eigenvalue weighted by atomic mass is 9.99. The highest BCUT2D eigenvalue weighted by atomic mass is 32.1. The van der Waals surface area contributed by atoms with Gasteiger partial charge in [-0.3, -0.25) is 4.98 Å². The van der Waals surface area contributed by atoms with Gasteiger partial charge in [0.2, 0.25) is 0 Å². The van der Waals surface area contributed by atoms with Crippen molar-refractivity contribution >= 4 is 21.4 Å². The van der Waals surface area contributed by atoms with Crippen molar-refractivity contribution in [3.05, 3.63) is 64.8 Å². The topological polar surface area (TPSA) is 24.9 Å². The van der Waals surface area contributed by atoms with E-state index in [1.165, 1.54) is 21.2 Å². The lowest BCUT2D eigenvalue weighted by Gasteiger charge is -2.18. The summed E-state index contributed by atoms with van der Waals surface area (Å²) in [6.07, 6.45) is 3.12. The number of benzene rings is 1. The number of hydrogen-bond donors (Lipinski definition) is 1. The Kier molecular flexibility index (Phi) is 4.32.